The minimum absolute atomic E-state index is 0.0714. The molecule has 1 rings (SSSR count). The summed E-state index contributed by atoms with van der Waals surface area (Å²) in [4.78, 5) is 22.4. The van der Waals surface area contributed by atoms with Crippen LogP contribution in [0.4, 0.5) is 19.3 Å². The zero-order valence-electron chi connectivity index (χ0n) is 12.2. The lowest BCUT2D eigenvalue weighted by Crippen LogP contribution is -2.45. The molecule has 3 N–H and O–H groups in total. The second-order valence-electron chi connectivity index (χ2n) is 5.26. The molecule has 1 aromatic carbocycles. The molecule has 0 bridgehead atoms. The number of anilines is 1. The van der Waals surface area contributed by atoms with Crippen molar-refractivity contribution < 1.29 is 28.2 Å². The Kier molecular flexibility index (Phi) is 6.09. The summed E-state index contributed by atoms with van der Waals surface area (Å²) in [5.74, 6) is -1.02. The van der Waals surface area contributed by atoms with Crippen LogP contribution in [0.2, 0.25) is 0 Å². The highest BCUT2D eigenvalue weighted by molar-refractivity contribution is 5.89. The highest BCUT2D eigenvalue weighted by Gasteiger charge is 2.21. The van der Waals surface area contributed by atoms with Gasteiger partial charge in [0.05, 0.1) is 0 Å². The third-order valence-corrected chi connectivity index (χ3v) is 2.73. The van der Waals surface area contributed by atoms with Gasteiger partial charge in [0, 0.05) is 23.7 Å². The fourth-order valence-corrected chi connectivity index (χ4v) is 1.70. The van der Waals surface area contributed by atoms with Gasteiger partial charge in [0.2, 0.25) is 0 Å². The summed E-state index contributed by atoms with van der Waals surface area (Å²) in [7, 11) is 0. The number of urea groups is 1. The fourth-order valence-electron chi connectivity index (χ4n) is 1.70. The Balaban J connectivity index is 2.59. The van der Waals surface area contributed by atoms with E-state index >= 15 is 0 Å². The number of carbonyl (C=O) groups is 2. The van der Waals surface area contributed by atoms with Crippen molar-refractivity contribution in [2.75, 3.05) is 5.32 Å². The highest BCUT2D eigenvalue weighted by atomic mass is 19.3. The standard InChI is InChI=1S/C14H18F2N2O4/c1-14(2,7-6-11(19)20)18-13(21)17-9-4-3-5-10(8-9)22-12(15)16/h3-5,8,12H,6-7H2,1-2H3,(H,19,20)(H2,17,18,21). The maximum absolute atomic E-state index is 12.1. The summed E-state index contributed by atoms with van der Waals surface area (Å²) < 4.78 is 28.5. The number of rotatable bonds is 7. The van der Waals surface area contributed by atoms with Crippen molar-refractivity contribution in [2.45, 2.75) is 38.8 Å². The number of ether oxygens (including phenoxy) is 1. The first-order valence-electron chi connectivity index (χ1n) is 6.54. The van der Waals surface area contributed by atoms with Crippen molar-refractivity contribution in [2.24, 2.45) is 0 Å². The van der Waals surface area contributed by atoms with E-state index in [-0.39, 0.29) is 24.3 Å². The van der Waals surface area contributed by atoms with Crippen molar-refractivity contribution in [3.05, 3.63) is 24.3 Å². The number of halogens is 2. The average Bonchev–Trinajstić information content (AvgIpc) is 2.35. The first-order chi connectivity index (χ1) is 10.2. The van der Waals surface area contributed by atoms with Gasteiger partial charge < -0.3 is 20.5 Å². The van der Waals surface area contributed by atoms with Gasteiger partial charge in [-0.25, -0.2) is 4.79 Å². The number of hydrogen-bond donors (Lipinski definition) is 3. The van der Waals surface area contributed by atoms with Crippen LogP contribution >= 0.6 is 0 Å². The van der Waals surface area contributed by atoms with E-state index in [1.54, 1.807) is 13.8 Å². The molecular weight excluding hydrogens is 298 g/mol. The van der Waals surface area contributed by atoms with Crippen molar-refractivity contribution in [1.29, 1.82) is 0 Å². The Morgan fingerprint density at radius 2 is 2.05 bits per heavy atom. The molecule has 0 aliphatic heterocycles. The fraction of sp³-hybridized carbons (Fsp3) is 0.429. The Bertz CT molecular complexity index is 535. The van der Waals surface area contributed by atoms with Gasteiger partial charge in [-0.1, -0.05) is 6.07 Å². The molecule has 0 unspecified atom stereocenters. The van der Waals surface area contributed by atoms with Gasteiger partial charge in [0.1, 0.15) is 5.75 Å². The second kappa shape index (κ2) is 7.58. The molecule has 0 fully saturated rings. The summed E-state index contributed by atoms with van der Waals surface area (Å²) in [5, 5.41) is 13.7. The lowest BCUT2D eigenvalue weighted by molar-refractivity contribution is -0.137. The van der Waals surface area contributed by atoms with Gasteiger partial charge in [-0.15, -0.1) is 0 Å². The van der Waals surface area contributed by atoms with E-state index < -0.39 is 24.2 Å². The Morgan fingerprint density at radius 3 is 2.64 bits per heavy atom. The monoisotopic (exact) mass is 316 g/mol. The summed E-state index contributed by atoms with van der Waals surface area (Å²) in [6.45, 7) is 0.427. The van der Waals surface area contributed by atoms with E-state index in [2.05, 4.69) is 15.4 Å². The third-order valence-electron chi connectivity index (χ3n) is 2.73. The molecule has 8 heteroatoms. The van der Waals surface area contributed by atoms with E-state index in [0.29, 0.717) is 0 Å². The number of carboxylic acids is 1. The first-order valence-corrected chi connectivity index (χ1v) is 6.54. The van der Waals surface area contributed by atoms with Crippen LogP contribution < -0.4 is 15.4 Å². The number of alkyl halides is 2. The van der Waals surface area contributed by atoms with Crippen LogP contribution in [0.1, 0.15) is 26.7 Å². The maximum Gasteiger partial charge on any atom is 0.387 e. The number of nitrogens with one attached hydrogen (secondary N) is 2. The van der Waals surface area contributed by atoms with Crippen molar-refractivity contribution in [3.63, 3.8) is 0 Å². The van der Waals surface area contributed by atoms with Gasteiger partial charge in [0.25, 0.3) is 0 Å². The zero-order chi connectivity index (χ0) is 16.8. The van der Waals surface area contributed by atoms with Crippen LogP contribution in [0.15, 0.2) is 24.3 Å². The Morgan fingerprint density at radius 1 is 1.36 bits per heavy atom. The van der Waals surface area contributed by atoms with E-state index in [1.807, 2.05) is 0 Å². The van der Waals surface area contributed by atoms with Crippen LogP contribution in [0.25, 0.3) is 0 Å². The minimum atomic E-state index is -2.95. The van der Waals surface area contributed by atoms with E-state index in [4.69, 9.17) is 5.11 Å². The van der Waals surface area contributed by atoms with Crippen LogP contribution in [0, 0.1) is 0 Å². The molecule has 0 heterocycles. The minimum Gasteiger partial charge on any atom is -0.481 e. The predicted molar refractivity (Wildman–Crippen MR) is 76.2 cm³/mol. The van der Waals surface area contributed by atoms with Crippen LogP contribution in [-0.2, 0) is 4.79 Å². The molecule has 6 nitrogen and oxygen atoms in total. The highest BCUT2D eigenvalue weighted by Crippen LogP contribution is 2.19. The molecule has 0 saturated carbocycles. The van der Waals surface area contributed by atoms with Crippen LogP contribution in [-0.4, -0.2) is 29.3 Å². The molecule has 0 spiro atoms. The summed E-state index contributed by atoms with van der Waals surface area (Å²) in [6.07, 6.45) is 0.176. The Labute approximate surface area is 126 Å². The van der Waals surface area contributed by atoms with E-state index in [9.17, 15) is 18.4 Å². The van der Waals surface area contributed by atoms with Crippen LogP contribution in [0.3, 0.4) is 0 Å². The molecule has 0 aliphatic carbocycles. The van der Waals surface area contributed by atoms with E-state index in [0.717, 1.165) is 0 Å². The summed E-state index contributed by atoms with van der Waals surface area (Å²) in [6, 6.07) is 5.01. The Hall–Kier alpha value is -2.38. The maximum atomic E-state index is 12.1. The van der Waals surface area contributed by atoms with Gasteiger partial charge in [0.15, 0.2) is 0 Å². The number of benzene rings is 1. The molecule has 22 heavy (non-hydrogen) atoms. The zero-order valence-corrected chi connectivity index (χ0v) is 12.2. The van der Waals surface area contributed by atoms with Crippen molar-refractivity contribution in [3.8, 4) is 5.75 Å². The molecule has 0 radical (unpaired) electrons. The molecule has 0 aliphatic rings. The van der Waals surface area contributed by atoms with Gasteiger partial charge in [-0.2, -0.15) is 8.78 Å². The number of hydrogen-bond acceptors (Lipinski definition) is 3. The molecule has 0 saturated heterocycles. The molecular formula is C14H18F2N2O4. The van der Waals surface area contributed by atoms with E-state index in [1.165, 1.54) is 24.3 Å². The van der Waals surface area contributed by atoms with Crippen molar-refractivity contribution >= 4 is 17.7 Å². The first kappa shape index (κ1) is 17.7. The van der Waals surface area contributed by atoms with Crippen LogP contribution in [0.5, 0.6) is 5.75 Å². The normalized spacial score (nSPS) is 11.1. The molecule has 0 atom stereocenters. The topological polar surface area (TPSA) is 87.7 Å². The number of aliphatic carboxylic acids is 1. The predicted octanol–water partition coefficient (Wildman–Crippen LogP) is 3.05. The van der Waals surface area contributed by atoms with Gasteiger partial charge >= 0.3 is 18.6 Å². The molecule has 122 valence electrons. The quantitative estimate of drug-likeness (QED) is 0.721. The summed E-state index contributed by atoms with van der Waals surface area (Å²) in [5.41, 5.74) is -0.441. The molecule has 2 amide bonds. The van der Waals surface area contributed by atoms with Gasteiger partial charge in [-0.3, -0.25) is 4.79 Å². The SMILES string of the molecule is CC(C)(CCC(=O)O)NC(=O)Nc1cccc(OC(F)F)c1. The lowest BCUT2D eigenvalue weighted by Gasteiger charge is -2.25. The van der Waals surface area contributed by atoms with Gasteiger partial charge in [-0.05, 0) is 32.4 Å². The smallest absolute Gasteiger partial charge is 0.387 e. The lowest BCUT2D eigenvalue weighted by atomic mass is 9.99. The largest absolute Gasteiger partial charge is 0.481 e. The third kappa shape index (κ3) is 6.87. The number of amides is 2. The summed E-state index contributed by atoms with van der Waals surface area (Å²) >= 11 is 0. The molecule has 1 aromatic rings. The second-order valence-corrected chi connectivity index (χ2v) is 5.26. The number of carbonyl (C=O) groups excluding carboxylic acids is 1. The van der Waals surface area contributed by atoms with Crippen molar-refractivity contribution in [1.82, 2.24) is 5.32 Å². The molecule has 0 aromatic heterocycles. The average molecular weight is 316 g/mol. The number of carboxylic acid groups (broad SMARTS) is 1.